The molecule has 1 N–H and O–H groups in total. The minimum atomic E-state index is 0.647. The number of halogens is 1. The topological polar surface area (TPSA) is 12.0 Å². The molecule has 0 spiro atoms. The van der Waals surface area contributed by atoms with Crippen LogP contribution in [0.5, 0.6) is 0 Å². The predicted molar refractivity (Wildman–Crippen MR) is 86.5 cm³/mol. The van der Waals surface area contributed by atoms with Crippen LogP contribution < -0.4 is 5.32 Å². The van der Waals surface area contributed by atoms with Gasteiger partial charge in [0.1, 0.15) is 0 Å². The molecular weight excluding hydrogens is 298 g/mol. The molecule has 1 atom stereocenters. The van der Waals surface area contributed by atoms with Crippen molar-refractivity contribution in [3.8, 4) is 0 Å². The van der Waals surface area contributed by atoms with E-state index in [1.165, 1.54) is 48.6 Å². The van der Waals surface area contributed by atoms with E-state index in [2.05, 4.69) is 52.4 Å². The second-order valence-electron chi connectivity index (χ2n) is 5.82. The molecule has 0 aromatic heterocycles. The van der Waals surface area contributed by atoms with Crippen LogP contribution in [0.25, 0.3) is 0 Å². The molecule has 1 unspecified atom stereocenters. The van der Waals surface area contributed by atoms with Crippen LogP contribution in [0, 0.1) is 5.92 Å². The van der Waals surface area contributed by atoms with Crippen molar-refractivity contribution in [1.29, 1.82) is 0 Å². The summed E-state index contributed by atoms with van der Waals surface area (Å²) in [5, 5.41) is 3.68. The molecule has 2 rings (SSSR count). The SMILES string of the molecule is CCNC(Cc1ccc(Br)cc1)CC1CCCCC1. The van der Waals surface area contributed by atoms with E-state index in [9.17, 15) is 0 Å². The quantitative estimate of drug-likeness (QED) is 0.781. The van der Waals surface area contributed by atoms with Crippen molar-refractivity contribution in [3.05, 3.63) is 34.3 Å². The Balaban J connectivity index is 1.89. The van der Waals surface area contributed by atoms with Crippen molar-refractivity contribution in [2.24, 2.45) is 5.92 Å². The molecule has 1 aromatic rings. The maximum absolute atomic E-state index is 3.68. The Hall–Kier alpha value is -0.340. The lowest BCUT2D eigenvalue weighted by molar-refractivity contribution is 0.298. The Morgan fingerprint density at radius 3 is 2.47 bits per heavy atom. The van der Waals surface area contributed by atoms with Gasteiger partial charge in [-0.3, -0.25) is 0 Å². The smallest absolute Gasteiger partial charge is 0.0175 e. The summed E-state index contributed by atoms with van der Waals surface area (Å²) in [5.41, 5.74) is 1.45. The summed E-state index contributed by atoms with van der Waals surface area (Å²) in [6.07, 6.45) is 9.75. The molecule has 0 bridgehead atoms. The Labute approximate surface area is 126 Å². The molecule has 2 heteroatoms. The molecule has 1 aliphatic rings. The van der Waals surface area contributed by atoms with Crippen molar-refractivity contribution < 1.29 is 0 Å². The summed E-state index contributed by atoms with van der Waals surface area (Å²) in [6, 6.07) is 9.44. The Morgan fingerprint density at radius 2 is 1.84 bits per heavy atom. The highest BCUT2D eigenvalue weighted by Gasteiger charge is 2.18. The normalized spacial score (nSPS) is 18.4. The average molecular weight is 324 g/mol. The van der Waals surface area contributed by atoms with Crippen LogP contribution in [0.4, 0.5) is 0 Å². The van der Waals surface area contributed by atoms with Crippen molar-refractivity contribution in [2.75, 3.05) is 6.54 Å². The lowest BCUT2D eigenvalue weighted by Crippen LogP contribution is -2.33. The standard InChI is InChI=1S/C17H26BrN/c1-2-19-17(12-14-6-4-3-5-7-14)13-15-8-10-16(18)11-9-15/h8-11,14,17,19H,2-7,12-13H2,1H3. The zero-order valence-corrected chi connectivity index (χ0v) is 13.6. The number of rotatable bonds is 6. The summed E-state index contributed by atoms with van der Waals surface area (Å²) in [5.74, 6) is 0.952. The van der Waals surface area contributed by atoms with E-state index < -0.39 is 0 Å². The van der Waals surface area contributed by atoms with Crippen LogP contribution in [-0.4, -0.2) is 12.6 Å². The summed E-state index contributed by atoms with van der Waals surface area (Å²) < 4.78 is 1.17. The van der Waals surface area contributed by atoms with Gasteiger partial charge in [-0.1, -0.05) is 67.1 Å². The third-order valence-electron chi connectivity index (χ3n) is 4.23. The third-order valence-corrected chi connectivity index (χ3v) is 4.76. The lowest BCUT2D eigenvalue weighted by atomic mass is 9.83. The van der Waals surface area contributed by atoms with Crippen molar-refractivity contribution in [1.82, 2.24) is 5.32 Å². The van der Waals surface area contributed by atoms with Gasteiger partial charge in [0.25, 0.3) is 0 Å². The molecule has 0 amide bonds. The zero-order chi connectivity index (χ0) is 13.5. The molecule has 1 nitrogen and oxygen atoms in total. The van der Waals surface area contributed by atoms with Crippen LogP contribution in [0.2, 0.25) is 0 Å². The van der Waals surface area contributed by atoms with Gasteiger partial charge >= 0.3 is 0 Å². The maximum atomic E-state index is 3.68. The highest BCUT2D eigenvalue weighted by Crippen LogP contribution is 2.28. The third kappa shape index (κ3) is 5.27. The number of hydrogen-bond donors (Lipinski definition) is 1. The Kier molecular flexibility index (Phi) is 6.39. The number of benzene rings is 1. The van der Waals surface area contributed by atoms with Crippen molar-refractivity contribution in [2.45, 2.75) is 57.9 Å². The molecule has 1 aliphatic carbocycles. The molecule has 1 aromatic carbocycles. The minimum absolute atomic E-state index is 0.647. The summed E-state index contributed by atoms with van der Waals surface area (Å²) in [7, 11) is 0. The first-order valence-corrected chi connectivity index (χ1v) is 8.55. The van der Waals surface area contributed by atoms with Crippen LogP contribution in [-0.2, 0) is 6.42 Å². The Bertz CT molecular complexity index is 354. The minimum Gasteiger partial charge on any atom is -0.314 e. The first-order valence-electron chi connectivity index (χ1n) is 7.75. The van der Waals surface area contributed by atoms with Gasteiger partial charge in [-0.15, -0.1) is 0 Å². The molecule has 0 saturated heterocycles. The van der Waals surface area contributed by atoms with E-state index in [0.717, 1.165) is 18.9 Å². The fraction of sp³-hybridized carbons (Fsp3) is 0.647. The van der Waals surface area contributed by atoms with Gasteiger partial charge in [-0.05, 0) is 43.0 Å². The monoisotopic (exact) mass is 323 g/mol. The van der Waals surface area contributed by atoms with Gasteiger partial charge in [0.2, 0.25) is 0 Å². The van der Waals surface area contributed by atoms with Crippen LogP contribution in [0.1, 0.15) is 51.0 Å². The fourth-order valence-electron chi connectivity index (χ4n) is 3.26. The van der Waals surface area contributed by atoms with E-state index >= 15 is 0 Å². The van der Waals surface area contributed by atoms with Gasteiger partial charge in [-0.2, -0.15) is 0 Å². The molecule has 19 heavy (non-hydrogen) atoms. The first kappa shape index (κ1) is 15.1. The van der Waals surface area contributed by atoms with E-state index in [0.29, 0.717) is 6.04 Å². The fourth-order valence-corrected chi connectivity index (χ4v) is 3.52. The van der Waals surface area contributed by atoms with Gasteiger partial charge in [0.15, 0.2) is 0 Å². The summed E-state index contributed by atoms with van der Waals surface area (Å²) >= 11 is 3.51. The van der Waals surface area contributed by atoms with Gasteiger partial charge < -0.3 is 5.32 Å². The highest BCUT2D eigenvalue weighted by atomic mass is 79.9. The van der Waals surface area contributed by atoms with Gasteiger partial charge in [0.05, 0.1) is 0 Å². The molecule has 1 fully saturated rings. The number of likely N-dealkylation sites (N-methyl/N-ethyl adjacent to an activating group) is 1. The van der Waals surface area contributed by atoms with E-state index in [1.54, 1.807) is 0 Å². The van der Waals surface area contributed by atoms with Crippen LogP contribution >= 0.6 is 15.9 Å². The first-order chi connectivity index (χ1) is 9.28. The van der Waals surface area contributed by atoms with Crippen LogP contribution in [0.3, 0.4) is 0 Å². The van der Waals surface area contributed by atoms with Crippen molar-refractivity contribution in [3.63, 3.8) is 0 Å². The predicted octanol–water partition coefficient (Wildman–Crippen LogP) is 4.94. The molecule has 0 heterocycles. The maximum Gasteiger partial charge on any atom is 0.0175 e. The molecule has 106 valence electrons. The average Bonchev–Trinajstić information content (AvgIpc) is 2.43. The summed E-state index contributed by atoms with van der Waals surface area (Å²) in [6.45, 7) is 3.30. The zero-order valence-electron chi connectivity index (χ0n) is 12.0. The largest absolute Gasteiger partial charge is 0.314 e. The van der Waals surface area contributed by atoms with Crippen LogP contribution in [0.15, 0.2) is 28.7 Å². The van der Waals surface area contributed by atoms with E-state index in [1.807, 2.05) is 0 Å². The second kappa shape index (κ2) is 8.06. The molecular formula is C17H26BrN. The van der Waals surface area contributed by atoms with Gasteiger partial charge in [0, 0.05) is 10.5 Å². The van der Waals surface area contributed by atoms with Gasteiger partial charge in [-0.25, -0.2) is 0 Å². The molecule has 0 radical (unpaired) electrons. The molecule has 0 aliphatic heterocycles. The second-order valence-corrected chi connectivity index (χ2v) is 6.74. The highest BCUT2D eigenvalue weighted by molar-refractivity contribution is 9.10. The number of hydrogen-bond acceptors (Lipinski definition) is 1. The van der Waals surface area contributed by atoms with Crippen molar-refractivity contribution >= 4 is 15.9 Å². The Morgan fingerprint density at radius 1 is 1.16 bits per heavy atom. The summed E-state index contributed by atoms with van der Waals surface area (Å²) in [4.78, 5) is 0. The van der Waals surface area contributed by atoms with E-state index in [4.69, 9.17) is 0 Å². The molecule has 1 saturated carbocycles. The number of nitrogens with one attached hydrogen (secondary N) is 1. The lowest BCUT2D eigenvalue weighted by Gasteiger charge is -2.27. The van der Waals surface area contributed by atoms with E-state index in [-0.39, 0.29) is 0 Å².